The van der Waals surface area contributed by atoms with Gasteiger partial charge in [-0.15, -0.1) is 11.3 Å². The summed E-state index contributed by atoms with van der Waals surface area (Å²) in [5.74, 6) is 0.370. The molecule has 14 heavy (non-hydrogen) atoms. The van der Waals surface area contributed by atoms with Gasteiger partial charge in [0.25, 0.3) is 0 Å². The van der Waals surface area contributed by atoms with Gasteiger partial charge < -0.3 is 5.73 Å². The second kappa shape index (κ2) is 3.29. The molecule has 1 aliphatic heterocycles. The van der Waals surface area contributed by atoms with E-state index in [2.05, 4.69) is 4.98 Å². The number of hydrogen-bond donors (Lipinski definition) is 1. The number of nitrogens with zero attached hydrogens (tertiary/aromatic N) is 1. The van der Waals surface area contributed by atoms with Crippen LogP contribution in [0.1, 0.15) is 28.5 Å². The number of nitrogens with two attached hydrogens (primary N) is 1. The SMILES string of the molecule is CC(N)c1nc2c(s1)CS(=O)(=O)CC2. The maximum atomic E-state index is 11.3. The lowest BCUT2D eigenvalue weighted by Gasteiger charge is -2.09. The Hall–Kier alpha value is -0.460. The fourth-order valence-electron chi connectivity index (χ4n) is 1.43. The second-order valence-corrected chi connectivity index (χ2v) is 6.85. The van der Waals surface area contributed by atoms with E-state index < -0.39 is 9.84 Å². The highest BCUT2D eigenvalue weighted by Crippen LogP contribution is 2.28. The molecule has 0 fully saturated rings. The maximum Gasteiger partial charge on any atom is 0.155 e. The molecule has 1 unspecified atom stereocenters. The van der Waals surface area contributed by atoms with Crippen LogP contribution in [0.15, 0.2) is 0 Å². The minimum absolute atomic E-state index is 0.103. The number of aryl methyl sites for hydroxylation is 1. The van der Waals surface area contributed by atoms with Gasteiger partial charge in [-0.25, -0.2) is 13.4 Å². The highest BCUT2D eigenvalue weighted by Gasteiger charge is 2.25. The zero-order chi connectivity index (χ0) is 10.3. The van der Waals surface area contributed by atoms with Crippen LogP contribution in [0.5, 0.6) is 0 Å². The van der Waals surface area contributed by atoms with E-state index in [0.29, 0.717) is 6.42 Å². The predicted molar refractivity (Wildman–Crippen MR) is 55.9 cm³/mol. The van der Waals surface area contributed by atoms with Crippen LogP contribution in [0.4, 0.5) is 0 Å². The Morgan fingerprint density at radius 3 is 2.93 bits per heavy atom. The van der Waals surface area contributed by atoms with E-state index >= 15 is 0 Å². The first-order chi connectivity index (χ1) is 6.48. The molecule has 0 bridgehead atoms. The van der Waals surface area contributed by atoms with Crippen molar-refractivity contribution in [2.24, 2.45) is 5.73 Å². The van der Waals surface area contributed by atoms with Crippen molar-refractivity contribution in [1.29, 1.82) is 0 Å². The van der Waals surface area contributed by atoms with Crippen molar-refractivity contribution in [3.05, 3.63) is 15.6 Å². The molecule has 6 heteroatoms. The molecule has 78 valence electrons. The Morgan fingerprint density at radius 2 is 2.29 bits per heavy atom. The van der Waals surface area contributed by atoms with Crippen molar-refractivity contribution in [3.8, 4) is 0 Å². The summed E-state index contributed by atoms with van der Waals surface area (Å²) in [5.41, 5.74) is 6.62. The second-order valence-electron chi connectivity index (χ2n) is 3.55. The number of aromatic nitrogens is 1. The van der Waals surface area contributed by atoms with Gasteiger partial charge in [0.2, 0.25) is 0 Å². The van der Waals surface area contributed by atoms with Crippen LogP contribution in [-0.2, 0) is 22.0 Å². The predicted octanol–water partition coefficient (Wildman–Crippen LogP) is 0.634. The third-order valence-electron chi connectivity index (χ3n) is 2.19. The first-order valence-corrected chi connectivity index (χ1v) is 7.06. The largest absolute Gasteiger partial charge is 0.322 e. The summed E-state index contributed by atoms with van der Waals surface area (Å²) in [6.45, 7) is 1.86. The van der Waals surface area contributed by atoms with Gasteiger partial charge in [-0.2, -0.15) is 0 Å². The van der Waals surface area contributed by atoms with Crippen molar-refractivity contribution >= 4 is 21.2 Å². The Labute approximate surface area is 87.1 Å². The molecule has 2 rings (SSSR count). The average molecular weight is 232 g/mol. The molecular weight excluding hydrogens is 220 g/mol. The molecule has 0 saturated heterocycles. The lowest BCUT2D eigenvalue weighted by Crippen LogP contribution is -2.17. The van der Waals surface area contributed by atoms with E-state index in [0.717, 1.165) is 15.6 Å². The average Bonchev–Trinajstić information content (AvgIpc) is 2.45. The van der Waals surface area contributed by atoms with Crippen LogP contribution < -0.4 is 5.73 Å². The Bertz CT molecular complexity index is 448. The van der Waals surface area contributed by atoms with Crippen molar-refractivity contribution in [2.45, 2.75) is 25.1 Å². The molecular formula is C8H12N2O2S2. The fraction of sp³-hybridized carbons (Fsp3) is 0.625. The van der Waals surface area contributed by atoms with Crippen LogP contribution in [0, 0.1) is 0 Å². The van der Waals surface area contributed by atoms with Crippen LogP contribution in [0.25, 0.3) is 0 Å². The lowest BCUT2D eigenvalue weighted by molar-refractivity contribution is 0.591. The van der Waals surface area contributed by atoms with Crippen molar-refractivity contribution in [2.75, 3.05) is 5.75 Å². The minimum atomic E-state index is -2.88. The summed E-state index contributed by atoms with van der Waals surface area (Å²) in [4.78, 5) is 5.22. The number of thiazole rings is 1. The number of hydrogen-bond acceptors (Lipinski definition) is 5. The zero-order valence-electron chi connectivity index (χ0n) is 7.86. The molecule has 0 aliphatic carbocycles. The van der Waals surface area contributed by atoms with E-state index in [1.54, 1.807) is 0 Å². The van der Waals surface area contributed by atoms with Crippen LogP contribution in [0.3, 0.4) is 0 Å². The minimum Gasteiger partial charge on any atom is -0.322 e. The smallest absolute Gasteiger partial charge is 0.155 e. The van der Waals surface area contributed by atoms with Crippen LogP contribution in [0.2, 0.25) is 0 Å². The van der Waals surface area contributed by atoms with Gasteiger partial charge in [0.15, 0.2) is 9.84 Å². The Balaban J connectivity index is 2.39. The lowest BCUT2D eigenvalue weighted by atomic mass is 10.3. The topological polar surface area (TPSA) is 73.0 Å². The van der Waals surface area contributed by atoms with E-state index in [1.807, 2.05) is 6.92 Å². The third-order valence-corrected chi connectivity index (χ3v) is 5.22. The highest BCUT2D eigenvalue weighted by atomic mass is 32.2. The molecule has 0 radical (unpaired) electrons. The molecule has 1 aromatic heterocycles. The van der Waals surface area contributed by atoms with Crippen LogP contribution in [-0.4, -0.2) is 19.2 Å². The van der Waals surface area contributed by atoms with Crippen molar-refractivity contribution in [3.63, 3.8) is 0 Å². The molecule has 0 aromatic carbocycles. The zero-order valence-corrected chi connectivity index (χ0v) is 9.49. The summed E-state index contributed by atoms with van der Waals surface area (Å²) in [6, 6.07) is -0.103. The van der Waals surface area contributed by atoms with Gasteiger partial charge in [0.05, 0.1) is 23.2 Å². The summed E-state index contributed by atoms with van der Waals surface area (Å²) in [7, 11) is -2.88. The van der Waals surface area contributed by atoms with Gasteiger partial charge in [0.1, 0.15) is 5.01 Å². The normalized spacial score (nSPS) is 21.6. The number of rotatable bonds is 1. The third kappa shape index (κ3) is 1.82. The van der Waals surface area contributed by atoms with Crippen LogP contribution >= 0.6 is 11.3 Å². The van der Waals surface area contributed by atoms with E-state index in [1.165, 1.54) is 11.3 Å². The molecule has 2 heterocycles. The molecule has 0 saturated carbocycles. The number of fused-ring (bicyclic) bond motifs is 1. The maximum absolute atomic E-state index is 11.3. The monoisotopic (exact) mass is 232 g/mol. The van der Waals surface area contributed by atoms with E-state index in [4.69, 9.17) is 5.73 Å². The van der Waals surface area contributed by atoms with Crippen molar-refractivity contribution in [1.82, 2.24) is 4.98 Å². The first-order valence-electron chi connectivity index (χ1n) is 4.42. The standard InChI is InChI=1S/C8H12N2O2S2/c1-5(9)8-10-6-2-3-14(11,12)4-7(6)13-8/h5H,2-4,9H2,1H3. The molecule has 1 atom stereocenters. The Morgan fingerprint density at radius 1 is 1.57 bits per heavy atom. The van der Waals surface area contributed by atoms with Gasteiger partial charge in [-0.05, 0) is 6.92 Å². The first kappa shape index (κ1) is 10.1. The van der Waals surface area contributed by atoms with Gasteiger partial charge >= 0.3 is 0 Å². The van der Waals surface area contributed by atoms with E-state index in [9.17, 15) is 8.42 Å². The summed E-state index contributed by atoms with van der Waals surface area (Å²) < 4.78 is 22.7. The number of sulfone groups is 1. The molecule has 0 spiro atoms. The summed E-state index contributed by atoms with van der Waals surface area (Å²) >= 11 is 1.43. The molecule has 2 N–H and O–H groups in total. The van der Waals surface area contributed by atoms with Gasteiger partial charge in [-0.1, -0.05) is 0 Å². The fourth-order valence-corrected chi connectivity index (χ4v) is 4.28. The summed E-state index contributed by atoms with van der Waals surface area (Å²) in [6.07, 6.45) is 0.543. The van der Waals surface area contributed by atoms with Gasteiger partial charge in [-0.3, -0.25) is 0 Å². The molecule has 1 aromatic rings. The van der Waals surface area contributed by atoms with Gasteiger partial charge in [0, 0.05) is 11.3 Å². The highest BCUT2D eigenvalue weighted by molar-refractivity contribution is 7.90. The Kier molecular flexibility index (Phi) is 2.36. The van der Waals surface area contributed by atoms with E-state index in [-0.39, 0.29) is 17.5 Å². The molecule has 1 aliphatic rings. The quantitative estimate of drug-likeness (QED) is 0.771. The van der Waals surface area contributed by atoms with Crippen molar-refractivity contribution < 1.29 is 8.42 Å². The molecule has 0 amide bonds. The summed E-state index contributed by atoms with van der Waals surface area (Å²) in [5, 5.41) is 0.840. The molecule has 4 nitrogen and oxygen atoms in total.